The number of aryl methyl sites for hydroxylation is 1. The Hall–Kier alpha value is -2.74. The molecule has 4 rings (SSSR count). The molecule has 1 atom stereocenters. The third-order valence-corrected chi connectivity index (χ3v) is 7.43. The molecule has 1 N–H and O–H groups in total. The van der Waals surface area contributed by atoms with Crippen LogP contribution in [0.4, 0.5) is 30.7 Å². The van der Waals surface area contributed by atoms with E-state index < -0.39 is 42.6 Å². The van der Waals surface area contributed by atoms with Gasteiger partial charge in [-0.25, -0.2) is 14.2 Å². The molecule has 2 aromatic heterocycles. The van der Waals surface area contributed by atoms with Gasteiger partial charge in [-0.2, -0.15) is 26.3 Å². The summed E-state index contributed by atoms with van der Waals surface area (Å²) in [6.45, 7) is 0.812. The molecule has 6 nitrogen and oxygen atoms in total. The van der Waals surface area contributed by atoms with Crippen LogP contribution in [0.3, 0.4) is 0 Å². The van der Waals surface area contributed by atoms with Gasteiger partial charge in [-0.15, -0.1) is 11.3 Å². The number of H-pyrrole nitrogens is 1. The van der Waals surface area contributed by atoms with Crippen LogP contribution in [0.25, 0.3) is 11.4 Å². The van der Waals surface area contributed by atoms with Gasteiger partial charge < -0.3 is 4.74 Å². The normalized spacial score (nSPS) is 20.0. The van der Waals surface area contributed by atoms with Gasteiger partial charge in [-0.05, 0) is 50.3 Å². The Bertz CT molecular complexity index is 1260. The van der Waals surface area contributed by atoms with Gasteiger partial charge in [-0.1, -0.05) is 11.2 Å². The van der Waals surface area contributed by atoms with Crippen molar-refractivity contribution in [2.45, 2.75) is 63.6 Å². The molecule has 196 valence electrons. The molecule has 3 aromatic rings. The van der Waals surface area contributed by atoms with Gasteiger partial charge in [0.1, 0.15) is 5.82 Å². The first kappa shape index (κ1) is 26.3. The standard InChI is InChI=1S/C22H20F7N3O3S/c1-10-16(36-19(30-10)12-3-5-13(6-4-12)21(24,25)26)17(22(27,28)29)34-9-11-2-7-14(15(23)8-11)18-31-20(33)35-32-18/h2,7-8,12-13,17H,3-6,9H2,1H3,(H,31,32,33)/t12-,13-,17?. The smallest absolute Gasteiger partial charge is 0.358 e. The molecule has 1 aliphatic carbocycles. The average molecular weight is 539 g/mol. The van der Waals surface area contributed by atoms with Gasteiger partial charge in [0.05, 0.1) is 33.7 Å². The highest BCUT2D eigenvalue weighted by Gasteiger charge is 2.45. The predicted octanol–water partition coefficient (Wildman–Crippen LogP) is 6.59. The summed E-state index contributed by atoms with van der Waals surface area (Å²) in [6, 6.07) is 3.50. The van der Waals surface area contributed by atoms with Crippen molar-refractivity contribution in [1.82, 2.24) is 15.1 Å². The minimum Gasteiger partial charge on any atom is -0.358 e. The number of aromatic nitrogens is 3. The molecule has 0 bridgehead atoms. The second kappa shape index (κ2) is 9.96. The molecule has 0 spiro atoms. The van der Waals surface area contributed by atoms with Crippen molar-refractivity contribution in [1.29, 1.82) is 0 Å². The molecular weight excluding hydrogens is 519 g/mol. The summed E-state index contributed by atoms with van der Waals surface area (Å²) in [7, 11) is 0. The molecule has 0 radical (unpaired) electrons. The number of thiazole rings is 1. The number of rotatable bonds is 6. The fourth-order valence-electron chi connectivity index (χ4n) is 4.20. The van der Waals surface area contributed by atoms with Crippen LogP contribution in [0.5, 0.6) is 0 Å². The Balaban J connectivity index is 1.48. The first-order chi connectivity index (χ1) is 16.8. The topological polar surface area (TPSA) is 81.0 Å². The highest BCUT2D eigenvalue weighted by molar-refractivity contribution is 7.11. The Kier molecular flexibility index (Phi) is 7.28. The summed E-state index contributed by atoms with van der Waals surface area (Å²) in [5.41, 5.74) is 0.0798. The lowest BCUT2D eigenvalue weighted by molar-refractivity contribution is -0.226. The van der Waals surface area contributed by atoms with Crippen LogP contribution in [0.1, 0.15) is 58.8 Å². The number of nitrogens with zero attached hydrogens (tertiary/aromatic N) is 2. The Morgan fingerprint density at radius 3 is 2.42 bits per heavy atom. The summed E-state index contributed by atoms with van der Waals surface area (Å²) < 4.78 is 104. The molecule has 1 aliphatic rings. The quantitative estimate of drug-likeness (QED) is 0.358. The van der Waals surface area contributed by atoms with Gasteiger partial charge in [0, 0.05) is 5.92 Å². The lowest BCUT2D eigenvalue weighted by Gasteiger charge is -2.28. The summed E-state index contributed by atoms with van der Waals surface area (Å²) in [4.78, 5) is 17.3. The Morgan fingerprint density at radius 2 is 1.86 bits per heavy atom. The van der Waals surface area contributed by atoms with Gasteiger partial charge in [0.15, 0.2) is 11.9 Å². The fraction of sp³-hybridized carbons (Fsp3) is 0.500. The van der Waals surface area contributed by atoms with Crippen molar-refractivity contribution in [3.63, 3.8) is 0 Å². The summed E-state index contributed by atoms with van der Waals surface area (Å²) in [5.74, 6) is -3.67. The molecule has 2 heterocycles. The predicted molar refractivity (Wildman–Crippen MR) is 114 cm³/mol. The second-order valence-corrected chi connectivity index (χ2v) is 9.64. The molecule has 1 aromatic carbocycles. The van der Waals surface area contributed by atoms with E-state index in [2.05, 4.69) is 19.6 Å². The molecule has 1 unspecified atom stereocenters. The van der Waals surface area contributed by atoms with Crippen LogP contribution in [0.2, 0.25) is 0 Å². The van der Waals surface area contributed by atoms with E-state index in [0.717, 1.165) is 17.4 Å². The van der Waals surface area contributed by atoms with Crippen LogP contribution in [0.15, 0.2) is 27.5 Å². The van der Waals surface area contributed by atoms with Gasteiger partial charge in [0.25, 0.3) is 0 Å². The lowest BCUT2D eigenvalue weighted by atomic mass is 9.82. The van der Waals surface area contributed by atoms with Crippen molar-refractivity contribution in [3.8, 4) is 11.4 Å². The zero-order valence-electron chi connectivity index (χ0n) is 18.7. The molecule has 1 saturated carbocycles. The second-order valence-electron chi connectivity index (χ2n) is 8.58. The third kappa shape index (κ3) is 5.80. The van der Waals surface area contributed by atoms with Crippen molar-refractivity contribution in [2.24, 2.45) is 5.92 Å². The van der Waals surface area contributed by atoms with E-state index in [0.29, 0.717) is 5.01 Å². The maximum absolute atomic E-state index is 14.4. The average Bonchev–Trinajstić information content (AvgIpc) is 3.38. The van der Waals surface area contributed by atoms with Crippen LogP contribution >= 0.6 is 11.3 Å². The maximum Gasteiger partial charge on any atom is 0.439 e. The summed E-state index contributed by atoms with van der Waals surface area (Å²) in [6.07, 6.45) is -11.2. The number of benzene rings is 1. The highest BCUT2D eigenvalue weighted by Crippen LogP contribution is 2.46. The number of hydrogen-bond donors (Lipinski definition) is 1. The molecule has 0 amide bonds. The van der Waals surface area contributed by atoms with E-state index in [-0.39, 0.29) is 59.1 Å². The molecule has 0 aliphatic heterocycles. The van der Waals surface area contributed by atoms with E-state index in [1.54, 1.807) is 0 Å². The highest BCUT2D eigenvalue weighted by atomic mass is 32.1. The number of aromatic amines is 1. The van der Waals surface area contributed by atoms with Crippen molar-refractivity contribution in [3.05, 3.63) is 55.7 Å². The van der Waals surface area contributed by atoms with E-state index in [1.165, 1.54) is 19.1 Å². The Morgan fingerprint density at radius 1 is 1.17 bits per heavy atom. The largest absolute Gasteiger partial charge is 0.439 e. The SMILES string of the molecule is Cc1nc([C@H]2CC[C@H](C(F)(F)F)CC2)sc1C(OCc1ccc(-c2noc(=O)[nH]2)c(F)c1)C(F)(F)F. The minimum atomic E-state index is -4.80. The molecule has 36 heavy (non-hydrogen) atoms. The number of hydrogen-bond acceptors (Lipinski definition) is 6. The van der Waals surface area contributed by atoms with Crippen LogP contribution in [-0.4, -0.2) is 27.5 Å². The van der Waals surface area contributed by atoms with Crippen LogP contribution in [-0.2, 0) is 11.3 Å². The lowest BCUT2D eigenvalue weighted by Crippen LogP contribution is -2.27. The zero-order valence-corrected chi connectivity index (χ0v) is 19.5. The maximum atomic E-state index is 14.4. The molecule has 14 heteroatoms. The first-order valence-electron chi connectivity index (χ1n) is 10.9. The molecule has 1 fully saturated rings. The van der Waals surface area contributed by atoms with Crippen LogP contribution in [0, 0.1) is 18.7 Å². The number of ether oxygens (including phenoxy) is 1. The van der Waals surface area contributed by atoms with Gasteiger partial charge in [0.2, 0.25) is 0 Å². The van der Waals surface area contributed by atoms with E-state index in [1.807, 2.05) is 0 Å². The zero-order chi connectivity index (χ0) is 26.3. The fourth-order valence-corrected chi connectivity index (χ4v) is 5.51. The summed E-state index contributed by atoms with van der Waals surface area (Å²) in [5, 5.41) is 3.72. The van der Waals surface area contributed by atoms with Crippen molar-refractivity contribution in [2.75, 3.05) is 0 Å². The van der Waals surface area contributed by atoms with Crippen molar-refractivity contribution < 1.29 is 40.0 Å². The Labute approximate surface area is 203 Å². The first-order valence-corrected chi connectivity index (χ1v) is 11.7. The van der Waals surface area contributed by atoms with Crippen molar-refractivity contribution >= 4 is 11.3 Å². The number of alkyl halides is 6. The molecule has 0 saturated heterocycles. The number of nitrogens with one attached hydrogen (secondary N) is 1. The number of halogens is 7. The summed E-state index contributed by atoms with van der Waals surface area (Å²) >= 11 is 0.786. The van der Waals surface area contributed by atoms with E-state index in [9.17, 15) is 35.5 Å². The van der Waals surface area contributed by atoms with E-state index >= 15 is 0 Å². The monoisotopic (exact) mass is 539 g/mol. The minimum absolute atomic E-state index is 0.0896. The third-order valence-electron chi connectivity index (χ3n) is 6.07. The van der Waals surface area contributed by atoms with Gasteiger partial charge in [-0.3, -0.25) is 9.51 Å². The van der Waals surface area contributed by atoms with Crippen LogP contribution < -0.4 is 5.76 Å². The van der Waals surface area contributed by atoms with E-state index in [4.69, 9.17) is 4.74 Å². The van der Waals surface area contributed by atoms with Gasteiger partial charge >= 0.3 is 18.1 Å². The molecular formula is C22H20F7N3O3S.